The van der Waals surface area contributed by atoms with Crippen molar-refractivity contribution in [2.24, 2.45) is 11.8 Å². The van der Waals surface area contributed by atoms with Gasteiger partial charge < -0.3 is 15.5 Å². The quantitative estimate of drug-likeness (QED) is 0.830. The molecule has 0 spiro atoms. The normalized spacial score (nSPS) is 29.6. The van der Waals surface area contributed by atoms with Gasteiger partial charge in [0.1, 0.15) is 0 Å². The molecule has 4 heteroatoms. The molecule has 1 amide bonds. The van der Waals surface area contributed by atoms with E-state index in [1.54, 1.807) is 0 Å². The summed E-state index contributed by atoms with van der Waals surface area (Å²) in [6.45, 7) is 5.34. The van der Waals surface area contributed by atoms with Gasteiger partial charge in [-0.2, -0.15) is 0 Å². The molecule has 1 aliphatic carbocycles. The monoisotopic (exact) mass is 293 g/mol. The summed E-state index contributed by atoms with van der Waals surface area (Å²) in [7, 11) is 0. The van der Waals surface area contributed by atoms with Gasteiger partial charge in [0.15, 0.2) is 0 Å². The average Bonchev–Trinajstić information content (AvgIpc) is 3.03. The fourth-order valence-electron chi connectivity index (χ4n) is 4.28. The molecule has 3 fully saturated rings. The van der Waals surface area contributed by atoms with Gasteiger partial charge in [-0.05, 0) is 57.7 Å². The largest absolute Gasteiger partial charge is 0.356 e. The molecule has 2 heterocycles. The van der Waals surface area contributed by atoms with Crippen LogP contribution in [0.2, 0.25) is 0 Å². The Hall–Kier alpha value is -0.610. The zero-order valence-electron chi connectivity index (χ0n) is 13.3. The van der Waals surface area contributed by atoms with Crippen LogP contribution in [0.1, 0.15) is 51.4 Å². The lowest BCUT2D eigenvalue weighted by atomic mass is 9.94. The molecule has 4 nitrogen and oxygen atoms in total. The van der Waals surface area contributed by atoms with Gasteiger partial charge >= 0.3 is 0 Å². The van der Waals surface area contributed by atoms with Crippen LogP contribution in [0.4, 0.5) is 0 Å². The van der Waals surface area contributed by atoms with Crippen molar-refractivity contribution in [2.75, 3.05) is 32.7 Å². The van der Waals surface area contributed by atoms with E-state index in [2.05, 4.69) is 15.5 Å². The number of carbonyl (C=O) groups is 1. The summed E-state index contributed by atoms with van der Waals surface area (Å²) in [5.41, 5.74) is 0. The number of likely N-dealkylation sites (tertiary alicyclic amines) is 1. The highest BCUT2D eigenvalue weighted by molar-refractivity contribution is 5.78. The van der Waals surface area contributed by atoms with E-state index in [1.165, 1.54) is 51.6 Å². The van der Waals surface area contributed by atoms with Gasteiger partial charge in [-0.3, -0.25) is 4.79 Å². The zero-order valence-corrected chi connectivity index (χ0v) is 13.3. The summed E-state index contributed by atoms with van der Waals surface area (Å²) in [5.74, 6) is 1.23. The maximum atomic E-state index is 12.2. The van der Waals surface area contributed by atoms with Crippen molar-refractivity contribution in [2.45, 2.75) is 57.4 Å². The van der Waals surface area contributed by atoms with Crippen molar-refractivity contribution in [3.63, 3.8) is 0 Å². The summed E-state index contributed by atoms with van der Waals surface area (Å²) >= 11 is 0. The third-order valence-corrected chi connectivity index (χ3v) is 5.68. The molecule has 0 bridgehead atoms. The first kappa shape index (κ1) is 15.3. The molecule has 21 heavy (non-hydrogen) atoms. The lowest BCUT2D eigenvalue weighted by molar-refractivity contribution is -0.125. The molecular formula is C17H31N3O. The van der Waals surface area contributed by atoms with Crippen molar-refractivity contribution in [1.29, 1.82) is 0 Å². The van der Waals surface area contributed by atoms with Crippen molar-refractivity contribution in [3.05, 3.63) is 0 Å². The molecule has 0 aromatic heterocycles. The number of amides is 1. The number of piperidine rings is 1. The van der Waals surface area contributed by atoms with Crippen LogP contribution in [-0.4, -0.2) is 49.6 Å². The molecule has 2 saturated heterocycles. The summed E-state index contributed by atoms with van der Waals surface area (Å²) in [6.07, 6.45) is 10.3. The molecule has 0 aromatic carbocycles. The number of hydrogen-bond donors (Lipinski definition) is 2. The summed E-state index contributed by atoms with van der Waals surface area (Å²) in [5, 5.41) is 6.55. The standard InChI is InChI=1S/C17H31N3O/c21-17(15-6-9-18-10-7-15)19-12-14-8-11-20(13-14)16-4-2-1-3-5-16/h14-16,18H,1-13H2,(H,19,21)/t14-/m1/s1. The fraction of sp³-hybridized carbons (Fsp3) is 0.941. The van der Waals surface area contributed by atoms with Crippen LogP contribution in [0.25, 0.3) is 0 Å². The first-order valence-corrected chi connectivity index (χ1v) is 9.05. The number of carbonyl (C=O) groups excluding carboxylic acids is 1. The maximum absolute atomic E-state index is 12.2. The summed E-state index contributed by atoms with van der Waals surface area (Å²) in [6, 6.07) is 0.837. The van der Waals surface area contributed by atoms with E-state index in [0.717, 1.165) is 38.5 Å². The Bertz CT molecular complexity index is 335. The van der Waals surface area contributed by atoms with E-state index >= 15 is 0 Å². The maximum Gasteiger partial charge on any atom is 0.223 e. The van der Waals surface area contributed by atoms with Crippen LogP contribution in [-0.2, 0) is 4.79 Å². The van der Waals surface area contributed by atoms with Crippen molar-refractivity contribution >= 4 is 5.91 Å². The van der Waals surface area contributed by atoms with Crippen molar-refractivity contribution in [3.8, 4) is 0 Å². The van der Waals surface area contributed by atoms with Crippen LogP contribution in [0, 0.1) is 11.8 Å². The summed E-state index contributed by atoms with van der Waals surface area (Å²) in [4.78, 5) is 14.9. The Labute approximate surface area is 129 Å². The number of rotatable bonds is 4. The molecule has 3 aliphatic rings. The van der Waals surface area contributed by atoms with Crippen molar-refractivity contribution < 1.29 is 4.79 Å². The van der Waals surface area contributed by atoms with Gasteiger partial charge in [0.2, 0.25) is 5.91 Å². The van der Waals surface area contributed by atoms with Gasteiger partial charge in [0, 0.05) is 25.0 Å². The minimum atomic E-state index is 0.252. The Balaban J connectivity index is 1.37. The van der Waals surface area contributed by atoms with Crippen LogP contribution < -0.4 is 10.6 Å². The molecule has 0 unspecified atom stereocenters. The predicted octanol–water partition coefficient (Wildman–Crippen LogP) is 1.76. The molecule has 0 aromatic rings. The van der Waals surface area contributed by atoms with Crippen LogP contribution in [0.3, 0.4) is 0 Å². The van der Waals surface area contributed by atoms with Crippen LogP contribution >= 0.6 is 0 Å². The molecule has 1 atom stereocenters. The molecule has 2 aliphatic heterocycles. The Morgan fingerprint density at radius 2 is 1.81 bits per heavy atom. The highest BCUT2D eigenvalue weighted by Crippen LogP contribution is 2.27. The molecule has 2 N–H and O–H groups in total. The highest BCUT2D eigenvalue weighted by atomic mass is 16.1. The second-order valence-electron chi connectivity index (χ2n) is 7.21. The van der Waals surface area contributed by atoms with Gasteiger partial charge in [-0.25, -0.2) is 0 Å². The number of nitrogens with zero attached hydrogens (tertiary/aromatic N) is 1. The topological polar surface area (TPSA) is 44.4 Å². The second kappa shape index (κ2) is 7.59. The molecule has 1 saturated carbocycles. The van der Waals surface area contributed by atoms with E-state index in [4.69, 9.17) is 0 Å². The third kappa shape index (κ3) is 4.19. The van der Waals surface area contributed by atoms with E-state index < -0.39 is 0 Å². The third-order valence-electron chi connectivity index (χ3n) is 5.68. The van der Waals surface area contributed by atoms with Gasteiger partial charge in [-0.15, -0.1) is 0 Å². The lowest BCUT2D eigenvalue weighted by Gasteiger charge is -2.31. The van der Waals surface area contributed by atoms with Crippen LogP contribution in [0.15, 0.2) is 0 Å². The minimum absolute atomic E-state index is 0.252. The van der Waals surface area contributed by atoms with Crippen molar-refractivity contribution in [1.82, 2.24) is 15.5 Å². The SMILES string of the molecule is O=C(NC[C@H]1CCN(C2CCCCC2)C1)C1CCNCC1. The lowest BCUT2D eigenvalue weighted by Crippen LogP contribution is -2.40. The average molecular weight is 293 g/mol. The van der Waals surface area contributed by atoms with Gasteiger partial charge in [-0.1, -0.05) is 19.3 Å². The Morgan fingerprint density at radius 3 is 2.57 bits per heavy atom. The molecular weight excluding hydrogens is 262 g/mol. The minimum Gasteiger partial charge on any atom is -0.356 e. The fourth-order valence-corrected chi connectivity index (χ4v) is 4.28. The van der Waals surface area contributed by atoms with E-state index in [-0.39, 0.29) is 5.92 Å². The molecule has 0 radical (unpaired) electrons. The van der Waals surface area contributed by atoms with Crippen LogP contribution in [0.5, 0.6) is 0 Å². The predicted molar refractivity (Wildman–Crippen MR) is 85.2 cm³/mol. The zero-order chi connectivity index (χ0) is 14.5. The first-order chi connectivity index (χ1) is 10.3. The highest BCUT2D eigenvalue weighted by Gasteiger charge is 2.29. The Kier molecular flexibility index (Phi) is 5.53. The first-order valence-electron chi connectivity index (χ1n) is 9.05. The Morgan fingerprint density at radius 1 is 1.05 bits per heavy atom. The van der Waals surface area contributed by atoms with E-state index in [9.17, 15) is 4.79 Å². The van der Waals surface area contributed by atoms with Gasteiger partial charge in [0.05, 0.1) is 0 Å². The smallest absolute Gasteiger partial charge is 0.223 e. The number of nitrogens with one attached hydrogen (secondary N) is 2. The second-order valence-corrected chi connectivity index (χ2v) is 7.21. The molecule has 120 valence electrons. The van der Waals surface area contributed by atoms with E-state index in [0.29, 0.717) is 11.8 Å². The molecule has 3 rings (SSSR count). The number of hydrogen-bond acceptors (Lipinski definition) is 3. The van der Waals surface area contributed by atoms with E-state index in [1.807, 2.05) is 0 Å². The van der Waals surface area contributed by atoms with Gasteiger partial charge in [0.25, 0.3) is 0 Å². The summed E-state index contributed by atoms with van der Waals surface area (Å²) < 4.78 is 0.